The van der Waals surface area contributed by atoms with Gasteiger partial charge in [-0.05, 0) is 31.2 Å². The Bertz CT molecular complexity index is 500. The van der Waals surface area contributed by atoms with Crippen molar-refractivity contribution in [2.75, 3.05) is 26.3 Å². The van der Waals surface area contributed by atoms with Gasteiger partial charge in [0.15, 0.2) is 0 Å². The normalized spacial score (nSPS) is 10.0. The van der Waals surface area contributed by atoms with Gasteiger partial charge in [-0.15, -0.1) is 0 Å². The van der Waals surface area contributed by atoms with Crippen molar-refractivity contribution in [1.29, 1.82) is 0 Å². The largest absolute Gasteiger partial charge is 0.375 e. The Labute approximate surface area is 132 Å². The fourth-order valence-electron chi connectivity index (χ4n) is 1.44. The quantitative estimate of drug-likeness (QED) is 0.553. The van der Waals surface area contributed by atoms with E-state index in [-0.39, 0.29) is 18.4 Å². The molecule has 2 amide bonds. The Kier molecular flexibility index (Phi) is 7.71. The van der Waals surface area contributed by atoms with Crippen LogP contribution in [0, 0.1) is 0 Å². The van der Waals surface area contributed by atoms with Crippen LogP contribution in [0.25, 0.3) is 0 Å². The molecule has 1 rings (SSSR count). The van der Waals surface area contributed by atoms with Gasteiger partial charge in [0.25, 0.3) is 5.91 Å². The second-order valence-electron chi connectivity index (χ2n) is 4.55. The third-order valence-corrected chi connectivity index (χ3v) is 2.96. The van der Waals surface area contributed by atoms with Crippen LogP contribution >= 0.6 is 15.9 Å². The predicted molar refractivity (Wildman–Crippen MR) is 85.1 cm³/mol. The molecule has 5 nitrogen and oxygen atoms in total. The second-order valence-corrected chi connectivity index (χ2v) is 5.46. The summed E-state index contributed by atoms with van der Waals surface area (Å²) in [6, 6.07) is 6.91. The molecule has 0 aliphatic rings. The van der Waals surface area contributed by atoms with Crippen LogP contribution in [-0.2, 0) is 9.53 Å². The molecule has 21 heavy (non-hydrogen) atoms. The van der Waals surface area contributed by atoms with Gasteiger partial charge < -0.3 is 15.4 Å². The molecule has 114 valence electrons. The smallest absolute Gasteiger partial charge is 0.251 e. The first-order valence-corrected chi connectivity index (χ1v) is 7.31. The zero-order valence-corrected chi connectivity index (χ0v) is 13.5. The zero-order chi connectivity index (χ0) is 15.7. The van der Waals surface area contributed by atoms with Crippen molar-refractivity contribution >= 4 is 27.7 Å². The van der Waals surface area contributed by atoms with Gasteiger partial charge in [0.1, 0.15) is 0 Å². The highest BCUT2D eigenvalue weighted by atomic mass is 79.9. The van der Waals surface area contributed by atoms with E-state index in [1.54, 1.807) is 24.3 Å². The van der Waals surface area contributed by atoms with Gasteiger partial charge in [0.2, 0.25) is 5.91 Å². The molecule has 0 spiro atoms. The van der Waals surface area contributed by atoms with Gasteiger partial charge in [0.05, 0.1) is 19.8 Å². The molecule has 2 N–H and O–H groups in total. The Hall–Kier alpha value is -1.66. The maximum absolute atomic E-state index is 11.8. The van der Waals surface area contributed by atoms with Crippen molar-refractivity contribution in [3.05, 3.63) is 46.5 Å². The number of ether oxygens (including phenoxy) is 1. The topological polar surface area (TPSA) is 67.4 Å². The third-order valence-electron chi connectivity index (χ3n) is 2.43. The maximum atomic E-state index is 11.8. The molecule has 0 heterocycles. The average Bonchev–Trinajstić information content (AvgIpc) is 2.44. The van der Waals surface area contributed by atoms with Gasteiger partial charge in [0, 0.05) is 16.6 Å². The lowest BCUT2D eigenvalue weighted by Crippen LogP contribution is -2.38. The minimum atomic E-state index is -0.281. The average molecular weight is 355 g/mol. The molecule has 0 saturated carbocycles. The molecule has 0 aromatic heterocycles. The summed E-state index contributed by atoms with van der Waals surface area (Å²) in [5, 5.41) is 5.21. The maximum Gasteiger partial charge on any atom is 0.251 e. The Morgan fingerprint density at radius 2 is 1.90 bits per heavy atom. The standard InChI is InChI=1S/C15H19BrN2O3/c1-11(2)10-21-8-7-17-14(19)9-18-15(20)12-3-5-13(16)6-4-12/h3-6H,1,7-10H2,2H3,(H,17,19)(H,18,20). The van der Waals surface area contributed by atoms with Gasteiger partial charge >= 0.3 is 0 Å². The van der Waals surface area contributed by atoms with E-state index in [1.807, 2.05) is 6.92 Å². The van der Waals surface area contributed by atoms with Crippen LogP contribution in [0.15, 0.2) is 40.9 Å². The van der Waals surface area contributed by atoms with Crippen LogP contribution in [0.2, 0.25) is 0 Å². The van der Waals surface area contributed by atoms with Crippen molar-refractivity contribution in [3.8, 4) is 0 Å². The SMILES string of the molecule is C=C(C)COCCNC(=O)CNC(=O)c1ccc(Br)cc1. The zero-order valence-electron chi connectivity index (χ0n) is 11.9. The molecule has 0 fully saturated rings. The van der Waals surface area contributed by atoms with Gasteiger partial charge in [-0.2, -0.15) is 0 Å². The van der Waals surface area contributed by atoms with Crippen molar-refractivity contribution < 1.29 is 14.3 Å². The van der Waals surface area contributed by atoms with Crippen LogP contribution < -0.4 is 10.6 Å². The highest BCUT2D eigenvalue weighted by molar-refractivity contribution is 9.10. The lowest BCUT2D eigenvalue weighted by atomic mass is 10.2. The first-order valence-electron chi connectivity index (χ1n) is 6.51. The lowest BCUT2D eigenvalue weighted by Gasteiger charge is -2.08. The number of amides is 2. The second kappa shape index (κ2) is 9.31. The predicted octanol–water partition coefficient (Wildman–Crippen LogP) is 1.89. The summed E-state index contributed by atoms with van der Waals surface area (Å²) >= 11 is 3.29. The lowest BCUT2D eigenvalue weighted by molar-refractivity contribution is -0.120. The number of carbonyl (C=O) groups is 2. The number of hydrogen-bond donors (Lipinski definition) is 2. The summed E-state index contributed by atoms with van der Waals surface area (Å²) in [6.45, 7) is 6.82. The fourth-order valence-corrected chi connectivity index (χ4v) is 1.70. The molecule has 0 bridgehead atoms. The molecule has 0 unspecified atom stereocenters. The van der Waals surface area contributed by atoms with Crippen LogP contribution in [0.3, 0.4) is 0 Å². The number of benzene rings is 1. The Morgan fingerprint density at radius 1 is 1.24 bits per heavy atom. The van der Waals surface area contributed by atoms with Crippen molar-refractivity contribution in [3.63, 3.8) is 0 Å². The summed E-state index contributed by atoms with van der Waals surface area (Å²) < 4.78 is 6.14. The molecular formula is C15H19BrN2O3. The summed E-state index contributed by atoms with van der Waals surface area (Å²) in [5.41, 5.74) is 1.44. The minimum absolute atomic E-state index is 0.0601. The van der Waals surface area contributed by atoms with Gasteiger partial charge in [-0.25, -0.2) is 0 Å². The first-order chi connectivity index (χ1) is 9.99. The van der Waals surface area contributed by atoms with Crippen LogP contribution in [0.5, 0.6) is 0 Å². The molecule has 0 radical (unpaired) electrons. The summed E-state index contributed by atoms with van der Waals surface area (Å²) in [6.07, 6.45) is 0. The number of carbonyl (C=O) groups excluding carboxylic acids is 2. The van der Waals surface area contributed by atoms with E-state index in [0.29, 0.717) is 25.3 Å². The molecule has 0 aliphatic heterocycles. The van der Waals surface area contributed by atoms with E-state index in [2.05, 4.69) is 33.1 Å². The Morgan fingerprint density at radius 3 is 2.52 bits per heavy atom. The van der Waals surface area contributed by atoms with E-state index < -0.39 is 0 Å². The minimum Gasteiger partial charge on any atom is -0.375 e. The Balaban J connectivity index is 2.19. The number of halogens is 1. The first kappa shape index (κ1) is 17.4. The number of rotatable bonds is 8. The highest BCUT2D eigenvalue weighted by Gasteiger charge is 2.07. The van der Waals surface area contributed by atoms with E-state index in [4.69, 9.17) is 4.74 Å². The number of hydrogen-bond acceptors (Lipinski definition) is 3. The summed E-state index contributed by atoms with van der Waals surface area (Å²) in [7, 11) is 0. The molecule has 1 aromatic rings. The highest BCUT2D eigenvalue weighted by Crippen LogP contribution is 2.10. The monoisotopic (exact) mass is 354 g/mol. The van der Waals surface area contributed by atoms with Gasteiger partial charge in [-0.1, -0.05) is 28.1 Å². The van der Waals surface area contributed by atoms with Crippen LogP contribution in [0.4, 0.5) is 0 Å². The third kappa shape index (κ3) is 7.63. The number of nitrogens with one attached hydrogen (secondary N) is 2. The van der Waals surface area contributed by atoms with Crippen LogP contribution in [0.1, 0.15) is 17.3 Å². The van der Waals surface area contributed by atoms with Crippen molar-refractivity contribution in [2.45, 2.75) is 6.92 Å². The van der Waals surface area contributed by atoms with Crippen molar-refractivity contribution in [2.24, 2.45) is 0 Å². The van der Waals surface area contributed by atoms with Crippen LogP contribution in [-0.4, -0.2) is 38.1 Å². The molecular weight excluding hydrogens is 336 g/mol. The van der Waals surface area contributed by atoms with E-state index in [1.165, 1.54) is 0 Å². The molecule has 1 aromatic carbocycles. The van der Waals surface area contributed by atoms with E-state index in [0.717, 1.165) is 10.0 Å². The molecule has 0 saturated heterocycles. The molecule has 6 heteroatoms. The molecule has 0 aliphatic carbocycles. The molecule has 0 atom stereocenters. The van der Waals surface area contributed by atoms with E-state index in [9.17, 15) is 9.59 Å². The van der Waals surface area contributed by atoms with Gasteiger partial charge in [-0.3, -0.25) is 9.59 Å². The summed E-state index contributed by atoms with van der Waals surface area (Å²) in [4.78, 5) is 23.3. The summed E-state index contributed by atoms with van der Waals surface area (Å²) in [5.74, 6) is -0.532. The van der Waals surface area contributed by atoms with E-state index >= 15 is 0 Å². The fraction of sp³-hybridized carbons (Fsp3) is 0.333. The van der Waals surface area contributed by atoms with Crippen molar-refractivity contribution in [1.82, 2.24) is 10.6 Å².